The van der Waals surface area contributed by atoms with E-state index in [2.05, 4.69) is 4.98 Å². The van der Waals surface area contributed by atoms with Gasteiger partial charge < -0.3 is 9.80 Å². The molecule has 2 saturated heterocycles. The fourth-order valence-corrected chi connectivity index (χ4v) is 3.85. The van der Waals surface area contributed by atoms with Crippen molar-refractivity contribution in [3.8, 4) is 0 Å². The minimum atomic E-state index is 0.0493. The van der Waals surface area contributed by atoms with Crippen molar-refractivity contribution >= 4 is 11.8 Å². The molecule has 1 aromatic rings. The lowest BCUT2D eigenvalue weighted by Gasteiger charge is -2.44. The van der Waals surface area contributed by atoms with E-state index in [4.69, 9.17) is 0 Å². The molecule has 2 aliphatic rings. The summed E-state index contributed by atoms with van der Waals surface area (Å²) in [5.41, 5.74) is 0.641. The molecule has 118 valence electrons. The van der Waals surface area contributed by atoms with Crippen molar-refractivity contribution in [3.05, 3.63) is 30.1 Å². The highest BCUT2D eigenvalue weighted by molar-refractivity contribution is 5.94. The summed E-state index contributed by atoms with van der Waals surface area (Å²) in [6, 6.07) is 3.93. The zero-order valence-electron chi connectivity index (χ0n) is 13.1. The SMILES string of the molecule is CC(=O)N1CCCC[C@@H]2[C@H]1CCCN2C(=O)c1cccnc1. The second kappa shape index (κ2) is 6.46. The van der Waals surface area contributed by atoms with E-state index in [0.29, 0.717) is 5.56 Å². The largest absolute Gasteiger partial charge is 0.338 e. The highest BCUT2D eigenvalue weighted by atomic mass is 16.2. The van der Waals surface area contributed by atoms with Gasteiger partial charge in [-0.2, -0.15) is 0 Å². The lowest BCUT2D eigenvalue weighted by molar-refractivity contribution is -0.133. The van der Waals surface area contributed by atoms with Gasteiger partial charge in [0.15, 0.2) is 0 Å². The summed E-state index contributed by atoms with van der Waals surface area (Å²) in [5.74, 6) is 0.181. The number of nitrogens with zero attached hydrogens (tertiary/aromatic N) is 3. The predicted octanol–water partition coefficient (Wildman–Crippen LogP) is 2.09. The number of carbonyl (C=O) groups excluding carboxylic acids is 2. The maximum absolute atomic E-state index is 12.8. The molecule has 5 nitrogen and oxygen atoms in total. The van der Waals surface area contributed by atoms with Crippen molar-refractivity contribution in [2.75, 3.05) is 13.1 Å². The molecule has 1 aromatic heterocycles. The van der Waals surface area contributed by atoms with E-state index in [1.54, 1.807) is 25.4 Å². The van der Waals surface area contributed by atoms with Crippen LogP contribution in [0.15, 0.2) is 24.5 Å². The Balaban J connectivity index is 1.86. The van der Waals surface area contributed by atoms with Crippen LogP contribution in [-0.4, -0.2) is 51.8 Å². The highest BCUT2D eigenvalue weighted by Crippen LogP contribution is 2.30. The van der Waals surface area contributed by atoms with Crippen LogP contribution < -0.4 is 0 Å². The number of aromatic nitrogens is 1. The van der Waals surface area contributed by atoms with Crippen LogP contribution in [0.1, 0.15) is 49.4 Å². The monoisotopic (exact) mass is 301 g/mol. The Labute approximate surface area is 131 Å². The number of carbonyl (C=O) groups is 2. The molecule has 2 aliphatic heterocycles. The van der Waals surface area contributed by atoms with Crippen molar-refractivity contribution in [1.82, 2.24) is 14.8 Å². The Kier molecular flexibility index (Phi) is 4.41. The van der Waals surface area contributed by atoms with Gasteiger partial charge in [-0.05, 0) is 44.2 Å². The molecular formula is C17H23N3O2. The molecule has 3 heterocycles. The summed E-state index contributed by atoms with van der Waals surface area (Å²) in [7, 11) is 0. The smallest absolute Gasteiger partial charge is 0.255 e. The minimum absolute atomic E-state index is 0.0493. The third kappa shape index (κ3) is 2.85. The van der Waals surface area contributed by atoms with Crippen LogP contribution in [0.4, 0.5) is 0 Å². The van der Waals surface area contributed by atoms with E-state index in [1.165, 1.54) is 0 Å². The van der Waals surface area contributed by atoms with Gasteiger partial charge in [-0.25, -0.2) is 0 Å². The summed E-state index contributed by atoms with van der Waals surface area (Å²) in [6.07, 6.45) is 8.35. The number of amides is 2. The summed E-state index contributed by atoms with van der Waals surface area (Å²) in [6.45, 7) is 3.25. The predicted molar refractivity (Wildman–Crippen MR) is 83.3 cm³/mol. The number of pyridine rings is 1. The van der Waals surface area contributed by atoms with Crippen LogP contribution in [0.5, 0.6) is 0 Å². The molecule has 0 unspecified atom stereocenters. The number of hydrogen-bond donors (Lipinski definition) is 0. The number of likely N-dealkylation sites (tertiary alicyclic amines) is 2. The van der Waals surface area contributed by atoms with Crippen molar-refractivity contribution in [2.45, 2.75) is 51.1 Å². The second-order valence-electron chi connectivity index (χ2n) is 6.23. The van der Waals surface area contributed by atoms with Crippen LogP contribution in [-0.2, 0) is 4.79 Å². The molecule has 5 heteroatoms. The third-order valence-corrected chi connectivity index (χ3v) is 4.87. The van der Waals surface area contributed by atoms with Gasteiger partial charge in [-0.1, -0.05) is 0 Å². The topological polar surface area (TPSA) is 53.5 Å². The van der Waals surface area contributed by atoms with Crippen LogP contribution in [0, 0.1) is 0 Å². The molecule has 2 atom stereocenters. The maximum atomic E-state index is 12.8. The molecule has 0 radical (unpaired) electrons. The van der Waals surface area contributed by atoms with Crippen LogP contribution >= 0.6 is 0 Å². The van der Waals surface area contributed by atoms with Gasteiger partial charge >= 0.3 is 0 Å². The Bertz CT molecular complexity index is 546. The fourth-order valence-electron chi connectivity index (χ4n) is 3.85. The molecule has 0 aromatic carbocycles. The van der Waals surface area contributed by atoms with Crippen molar-refractivity contribution in [3.63, 3.8) is 0 Å². The van der Waals surface area contributed by atoms with Crippen LogP contribution in [0.25, 0.3) is 0 Å². The lowest BCUT2D eigenvalue weighted by atomic mass is 9.91. The molecule has 3 rings (SSSR count). The first-order valence-corrected chi connectivity index (χ1v) is 8.16. The molecule has 2 amide bonds. The first-order chi connectivity index (χ1) is 10.7. The minimum Gasteiger partial charge on any atom is -0.338 e. The quantitative estimate of drug-likeness (QED) is 0.798. The molecule has 0 aliphatic carbocycles. The Hall–Kier alpha value is -1.91. The van der Waals surface area contributed by atoms with Gasteiger partial charge in [0.2, 0.25) is 5.91 Å². The van der Waals surface area contributed by atoms with E-state index < -0.39 is 0 Å². The van der Waals surface area contributed by atoms with Gasteiger partial charge in [-0.15, -0.1) is 0 Å². The highest BCUT2D eigenvalue weighted by Gasteiger charge is 2.39. The molecule has 22 heavy (non-hydrogen) atoms. The number of fused-ring (bicyclic) bond motifs is 1. The normalized spacial score (nSPS) is 25.3. The average molecular weight is 301 g/mol. The lowest BCUT2D eigenvalue weighted by Crippen LogP contribution is -2.57. The van der Waals surface area contributed by atoms with E-state index >= 15 is 0 Å². The number of hydrogen-bond acceptors (Lipinski definition) is 3. The molecule has 0 saturated carbocycles. The van der Waals surface area contributed by atoms with Gasteiger partial charge in [0, 0.05) is 32.4 Å². The summed E-state index contributed by atoms with van der Waals surface area (Å²) in [5, 5.41) is 0. The van der Waals surface area contributed by atoms with E-state index in [-0.39, 0.29) is 23.9 Å². The zero-order valence-corrected chi connectivity index (χ0v) is 13.1. The van der Waals surface area contributed by atoms with Crippen molar-refractivity contribution < 1.29 is 9.59 Å². The molecule has 0 N–H and O–H groups in total. The first kappa shape index (κ1) is 15.0. The Morgan fingerprint density at radius 1 is 1.09 bits per heavy atom. The van der Waals surface area contributed by atoms with Crippen LogP contribution in [0.2, 0.25) is 0 Å². The summed E-state index contributed by atoms with van der Waals surface area (Å²) >= 11 is 0. The number of piperidine rings is 1. The van der Waals surface area contributed by atoms with Crippen LogP contribution in [0.3, 0.4) is 0 Å². The van der Waals surface area contributed by atoms with Gasteiger partial charge in [0.1, 0.15) is 0 Å². The Morgan fingerprint density at radius 3 is 2.55 bits per heavy atom. The summed E-state index contributed by atoms with van der Waals surface area (Å²) < 4.78 is 0. The number of rotatable bonds is 1. The van der Waals surface area contributed by atoms with E-state index in [1.807, 2.05) is 15.9 Å². The molecule has 0 bridgehead atoms. The fraction of sp³-hybridized carbons (Fsp3) is 0.588. The molecule has 0 spiro atoms. The standard InChI is InChI=1S/C17H23N3O2/c1-13(21)19-10-3-2-7-16-15(19)8-5-11-20(16)17(22)14-6-4-9-18-12-14/h4,6,9,12,15-16H,2-3,5,7-8,10-11H2,1H3/t15-,16-/m1/s1. The Morgan fingerprint density at radius 2 is 1.82 bits per heavy atom. The van der Waals surface area contributed by atoms with Gasteiger partial charge in [0.25, 0.3) is 5.91 Å². The van der Waals surface area contributed by atoms with Gasteiger partial charge in [-0.3, -0.25) is 14.6 Å². The third-order valence-electron chi connectivity index (χ3n) is 4.87. The van der Waals surface area contributed by atoms with Crippen molar-refractivity contribution in [1.29, 1.82) is 0 Å². The van der Waals surface area contributed by atoms with Crippen molar-refractivity contribution in [2.24, 2.45) is 0 Å². The molecule has 2 fully saturated rings. The zero-order chi connectivity index (χ0) is 15.5. The van der Waals surface area contributed by atoms with Gasteiger partial charge in [0.05, 0.1) is 17.6 Å². The average Bonchev–Trinajstić information content (AvgIpc) is 2.77. The second-order valence-corrected chi connectivity index (χ2v) is 6.23. The molecular weight excluding hydrogens is 278 g/mol. The maximum Gasteiger partial charge on any atom is 0.255 e. The first-order valence-electron chi connectivity index (χ1n) is 8.16. The van der Waals surface area contributed by atoms with E-state index in [0.717, 1.165) is 45.2 Å². The van der Waals surface area contributed by atoms with E-state index in [9.17, 15) is 9.59 Å². The summed E-state index contributed by atoms with van der Waals surface area (Å²) in [4.78, 5) is 32.8.